The van der Waals surface area contributed by atoms with Crippen LogP contribution in [-0.2, 0) is 24.4 Å². The summed E-state index contributed by atoms with van der Waals surface area (Å²) in [4.78, 5) is 38.5. The van der Waals surface area contributed by atoms with Crippen molar-refractivity contribution in [3.63, 3.8) is 0 Å². The monoisotopic (exact) mass is 589 g/mol. The zero-order valence-corrected chi connectivity index (χ0v) is 23.2. The van der Waals surface area contributed by atoms with Crippen LogP contribution in [0.5, 0.6) is 5.88 Å². The Hall–Kier alpha value is -4.61. The molecule has 1 aromatic carbocycles. The summed E-state index contributed by atoms with van der Waals surface area (Å²) in [6.07, 6.45) is 2.51. The second-order valence-electron chi connectivity index (χ2n) is 9.94. The number of rotatable bonds is 9. The molecule has 1 fully saturated rings. The van der Waals surface area contributed by atoms with Crippen LogP contribution in [0.4, 0.5) is 4.39 Å². The molecule has 1 saturated heterocycles. The Morgan fingerprint density at radius 1 is 1.17 bits per heavy atom. The van der Waals surface area contributed by atoms with Gasteiger partial charge in [-0.1, -0.05) is 23.7 Å². The zero-order valence-electron chi connectivity index (χ0n) is 22.5. The molecular weight excluding hydrogens is 565 g/mol. The van der Waals surface area contributed by atoms with Gasteiger partial charge in [-0.3, -0.25) is 4.79 Å². The van der Waals surface area contributed by atoms with Gasteiger partial charge >= 0.3 is 5.97 Å². The number of hydrogen-bond acceptors (Lipinski definition) is 7. The fourth-order valence-corrected chi connectivity index (χ4v) is 4.95. The van der Waals surface area contributed by atoms with Crippen molar-refractivity contribution in [2.45, 2.75) is 39.1 Å². The van der Waals surface area contributed by atoms with Crippen LogP contribution in [0.25, 0.3) is 22.4 Å². The van der Waals surface area contributed by atoms with E-state index >= 15 is 0 Å². The van der Waals surface area contributed by atoms with Crippen molar-refractivity contribution in [2.24, 2.45) is 0 Å². The van der Waals surface area contributed by atoms with E-state index in [1.54, 1.807) is 60.2 Å². The number of benzene rings is 1. The van der Waals surface area contributed by atoms with Crippen LogP contribution in [-0.4, -0.2) is 47.9 Å². The molecule has 0 radical (unpaired) electrons. The number of fused-ring (bicyclic) bond motifs is 1. The highest BCUT2D eigenvalue weighted by Gasteiger charge is 2.23. The minimum absolute atomic E-state index is 0.0320. The fraction of sp³-hybridized carbons (Fsp3) is 0.233. The minimum Gasteiger partial charge on any atom is -0.477 e. The van der Waals surface area contributed by atoms with E-state index in [1.807, 2.05) is 4.57 Å². The summed E-state index contributed by atoms with van der Waals surface area (Å²) >= 11 is 5.82. The van der Waals surface area contributed by atoms with E-state index in [0.717, 1.165) is 6.42 Å². The summed E-state index contributed by atoms with van der Waals surface area (Å²) in [6, 6.07) is 14.4. The van der Waals surface area contributed by atoms with Gasteiger partial charge in [0.15, 0.2) is 11.3 Å². The Kier molecular flexibility index (Phi) is 7.44. The van der Waals surface area contributed by atoms with Crippen molar-refractivity contribution in [2.75, 3.05) is 6.61 Å². The Morgan fingerprint density at radius 2 is 2.00 bits per heavy atom. The van der Waals surface area contributed by atoms with E-state index in [9.17, 15) is 19.1 Å². The van der Waals surface area contributed by atoms with Crippen molar-refractivity contribution < 1.29 is 23.8 Å². The third-order valence-electron chi connectivity index (χ3n) is 7.18. The first-order valence-corrected chi connectivity index (χ1v) is 13.6. The number of hydrogen-bond donors (Lipinski definition) is 1. The molecule has 5 aromatic rings. The van der Waals surface area contributed by atoms with Crippen LogP contribution in [0.3, 0.4) is 0 Å². The van der Waals surface area contributed by atoms with E-state index in [1.165, 1.54) is 12.1 Å². The normalized spacial score (nSPS) is 14.6. The van der Waals surface area contributed by atoms with Gasteiger partial charge in [0.05, 0.1) is 24.9 Å². The summed E-state index contributed by atoms with van der Waals surface area (Å²) < 4.78 is 28.8. The Labute approximate surface area is 244 Å². The number of imidazole rings is 1. The highest BCUT2D eigenvalue weighted by molar-refractivity contribution is 6.30. The molecule has 1 N–H and O–H groups in total. The number of carboxylic acids is 1. The van der Waals surface area contributed by atoms with Gasteiger partial charge in [-0.15, -0.1) is 0 Å². The first-order chi connectivity index (χ1) is 20.3. The number of ether oxygens (including phenoxy) is 2. The maximum Gasteiger partial charge on any atom is 0.354 e. The maximum absolute atomic E-state index is 14.1. The van der Waals surface area contributed by atoms with Gasteiger partial charge in [0, 0.05) is 40.6 Å². The Morgan fingerprint density at radius 3 is 2.74 bits per heavy atom. The quantitative estimate of drug-likeness (QED) is 0.258. The highest BCUT2D eigenvalue weighted by atomic mass is 35.5. The van der Waals surface area contributed by atoms with E-state index in [2.05, 4.69) is 15.0 Å². The third kappa shape index (κ3) is 5.48. The van der Waals surface area contributed by atoms with E-state index in [-0.39, 0.29) is 36.4 Å². The Bertz CT molecular complexity index is 1880. The number of aromatic nitrogens is 5. The number of halogens is 2. The number of carboxylic acid groups (broad SMARTS) is 1. The minimum atomic E-state index is -1.13. The summed E-state index contributed by atoms with van der Waals surface area (Å²) in [5, 5.41) is 9.73. The standard InChI is InChI=1S/C30H25ClFN5O5/c1-17-21(23-3-2-4-27(34-23)42-16-18-5-6-19(31)13-22(18)32)9-11-36(29(17)38)15-26-33-24-7-8-25(30(39)40)35-28(24)37(26)14-20-10-12-41-20/h2-9,11,13,20H,10,12,14-16H2,1H3,(H,39,40). The van der Waals surface area contributed by atoms with Gasteiger partial charge < -0.3 is 23.7 Å². The summed E-state index contributed by atoms with van der Waals surface area (Å²) in [7, 11) is 0. The molecule has 42 heavy (non-hydrogen) atoms. The van der Waals surface area contributed by atoms with Crippen LogP contribution < -0.4 is 10.3 Å². The summed E-state index contributed by atoms with van der Waals surface area (Å²) in [5.74, 6) is -0.753. The van der Waals surface area contributed by atoms with Crippen molar-refractivity contribution in [1.29, 1.82) is 0 Å². The van der Waals surface area contributed by atoms with E-state index in [4.69, 9.17) is 21.1 Å². The van der Waals surface area contributed by atoms with Crippen LogP contribution in [0.15, 0.2) is 65.6 Å². The highest BCUT2D eigenvalue weighted by Crippen LogP contribution is 2.24. The lowest BCUT2D eigenvalue weighted by Crippen LogP contribution is -2.32. The average molecular weight is 590 g/mol. The molecule has 0 saturated carbocycles. The zero-order chi connectivity index (χ0) is 29.4. The van der Waals surface area contributed by atoms with Crippen LogP contribution in [0.1, 0.15) is 33.9 Å². The molecule has 12 heteroatoms. The molecule has 0 amide bonds. The van der Waals surface area contributed by atoms with Gasteiger partial charge in [-0.25, -0.2) is 24.1 Å². The molecule has 6 rings (SSSR count). The van der Waals surface area contributed by atoms with Gasteiger partial charge in [0.2, 0.25) is 5.88 Å². The van der Waals surface area contributed by atoms with Crippen molar-refractivity contribution >= 4 is 28.7 Å². The number of pyridine rings is 3. The Balaban J connectivity index is 1.27. The molecule has 1 unspecified atom stereocenters. The molecule has 214 valence electrons. The second kappa shape index (κ2) is 11.3. The molecule has 0 spiro atoms. The number of nitrogens with zero attached hydrogens (tertiary/aromatic N) is 5. The molecule has 5 heterocycles. The van der Waals surface area contributed by atoms with E-state index < -0.39 is 11.8 Å². The largest absolute Gasteiger partial charge is 0.477 e. The molecule has 1 aliphatic rings. The topological polar surface area (TPSA) is 121 Å². The van der Waals surface area contributed by atoms with Crippen molar-refractivity contribution in [1.82, 2.24) is 24.1 Å². The predicted molar refractivity (Wildman–Crippen MR) is 152 cm³/mol. The number of aromatic carboxylic acids is 1. The smallest absolute Gasteiger partial charge is 0.354 e. The lowest BCUT2D eigenvalue weighted by Gasteiger charge is -2.27. The molecule has 10 nitrogen and oxygen atoms in total. The van der Waals surface area contributed by atoms with E-state index in [0.29, 0.717) is 57.5 Å². The summed E-state index contributed by atoms with van der Waals surface area (Å²) in [5.41, 5.74) is 2.63. The first-order valence-electron chi connectivity index (χ1n) is 13.2. The molecule has 4 aromatic heterocycles. The van der Waals surface area contributed by atoms with Crippen molar-refractivity contribution in [3.8, 4) is 17.1 Å². The fourth-order valence-electron chi connectivity index (χ4n) is 4.79. The molecule has 1 atom stereocenters. The lowest BCUT2D eigenvalue weighted by molar-refractivity contribution is -0.0591. The van der Waals surface area contributed by atoms with Crippen LogP contribution >= 0.6 is 11.6 Å². The van der Waals surface area contributed by atoms with Gasteiger partial charge in [-0.2, -0.15) is 0 Å². The van der Waals surface area contributed by atoms with Gasteiger partial charge in [0.25, 0.3) is 5.56 Å². The van der Waals surface area contributed by atoms with Crippen LogP contribution in [0, 0.1) is 12.7 Å². The maximum atomic E-state index is 14.1. The number of carbonyl (C=O) groups is 1. The van der Waals surface area contributed by atoms with Gasteiger partial charge in [0.1, 0.15) is 23.8 Å². The molecule has 0 aliphatic carbocycles. The summed E-state index contributed by atoms with van der Waals surface area (Å²) in [6.45, 7) is 2.95. The molecule has 0 bridgehead atoms. The SMILES string of the molecule is Cc1c(-c2cccc(OCc3ccc(Cl)cc3F)n2)ccn(Cc2nc3ccc(C(=O)O)nc3n2CC2CCO2)c1=O. The molecule has 1 aliphatic heterocycles. The lowest BCUT2D eigenvalue weighted by atomic mass is 10.1. The second-order valence-corrected chi connectivity index (χ2v) is 10.4. The predicted octanol–water partition coefficient (Wildman–Crippen LogP) is 4.87. The average Bonchev–Trinajstić information content (AvgIpc) is 3.29. The molecular formula is C30H25ClFN5O5. The van der Waals surface area contributed by atoms with Gasteiger partial charge in [-0.05, 0) is 49.7 Å². The van der Waals surface area contributed by atoms with Crippen LogP contribution in [0.2, 0.25) is 5.02 Å². The third-order valence-corrected chi connectivity index (χ3v) is 7.41. The van der Waals surface area contributed by atoms with Crippen molar-refractivity contribution in [3.05, 3.63) is 105 Å². The first kappa shape index (κ1) is 27.6.